The number of hydrogen-bond acceptors (Lipinski definition) is 6. The Labute approximate surface area is 123 Å². The summed E-state index contributed by atoms with van der Waals surface area (Å²) in [5, 5.41) is 34.6. The summed E-state index contributed by atoms with van der Waals surface area (Å²) in [7, 11) is 0. The number of carbonyl (C=O) groups is 2. The van der Waals surface area contributed by atoms with Gasteiger partial charge < -0.3 is 20.4 Å². The molecular formula is C6H4Na2O6+2. The van der Waals surface area contributed by atoms with Crippen LogP contribution in [0, 0.1) is 0 Å². The van der Waals surface area contributed by atoms with Gasteiger partial charge in [0, 0.05) is 0 Å². The molecule has 0 aromatic carbocycles. The van der Waals surface area contributed by atoms with E-state index in [4.69, 9.17) is 20.4 Å². The number of Topliss-reactive ketones (excluding diaryl/α,β-unsaturated/α-hetero) is 2. The maximum absolute atomic E-state index is 10.6. The third kappa shape index (κ3) is 2.53. The first kappa shape index (κ1) is 16.4. The maximum Gasteiger partial charge on any atom is 1.00 e. The van der Waals surface area contributed by atoms with Gasteiger partial charge in [0.1, 0.15) is 0 Å². The largest absolute Gasteiger partial charge is 1.00 e. The zero-order valence-corrected chi connectivity index (χ0v) is 11.6. The molecule has 1 aliphatic rings. The van der Waals surface area contributed by atoms with Crippen molar-refractivity contribution in [3.63, 3.8) is 0 Å². The molecular weight excluding hydrogens is 214 g/mol. The maximum atomic E-state index is 10.6. The molecule has 0 heterocycles. The zero-order chi connectivity index (χ0) is 9.46. The molecule has 0 atom stereocenters. The molecule has 6 nitrogen and oxygen atoms in total. The summed E-state index contributed by atoms with van der Waals surface area (Å²) >= 11 is 0. The molecule has 0 fully saturated rings. The van der Waals surface area contributed by atoms with Crippen LogP contribution in [-0.2, 0) is 9.59 Å². The second kappa shape index (κ2) is 5.79. The minimum absolute atomic E-state index is 0. The van der Waals surface area contributed by atoms with Gasteiger partial charge >= 0.3 is 59.1 Å². The van der Waals surface area contributed by atoms with Gasteiger partial charge in [-0.15, -0.1) is 0 Å². The molecule has 1 rings (SSSR count). The number of aliphatic hydroxyl groups excluding tert-OH is 4. The molecule has 0 saturated carbocycles. The Morgan fingerprint density at radius 3 is 0.857 bits per heavy atom. The van der Waals surface area contributed by atoms with Crippen LogP contribution in [0.2, 0.25) is 0 Å². The molecule has 0 unspecified atom stereocenters. The SMILES string of the molecule is O=C1C(O)=C(O)C(=O)C(O)=C1O.[Na+].[Na+]. The Morgan fingerprint density at radius 2 is 0.714 bits per heavy atom. The first-order valence-corrected chi connectivity index (χ1v) is 2.80. The van der Waals surface area contributed by atoms with E-state index in [-0.39, 0.29) is 59.1 Å². The van der Waals surface area contributed by atoms with Gasteiger partial charge in [0.2, 0.25) is 23.0 Å². The smallest absolute Gasteiger partial charge is 0.501 e. The molecule has 0 amide bonds. The van der Waals surface area contributed by atoms with Crippen molar-refractivity contribution in [2.24, 2.45) is 0 Å². The molecule has 0 aliphatic heterocycles. The third-order valence-electron chi connectivity index (χ3n) is 1.31. The molecule has 0 aromatic rings. The fourth-order valence-electron chi connectivity index (χ4n) is 0.654. The van der Waals surface area contributed by atoms with Crippen molar-refractivity contribution in [1.29, 1.82) is 0 Å². The number of hydrogen-bond donors (Lipinski definition) is 4. The number of aliphatic hydroxyl groups is 4. The van der Waals surface area contributed by atoms with Gasteiger partial charge in [-0.05, 0) is 0 Å². The van der Waals surface area contributed by atoms with Crippen molar-refractivity contribution < 1.29 is 89.1 Å². The summed E-state index contributed by atoms with van der Waals surface area (Å²) in [5.41, 5.74) is 0. The zero-order valence-electron chi connectivity index (χ0n) is 7.61. The molecule has 64 valence electrons. The Hall–Kier alpha value is 0.0200. The quantitative estimate of drug-likeness (QED) is 0.237. The standard InChI is InChI=1S/C6H4O6.2Na/c7-1-2(8)4(10)6(12)5(11)3(1)9;;/h7-8,11-12H;;/q;2*+1. The van der Waals surface area contributed by atoms with Gasteiger partial charge in [0.15, 0.2) is 0 Å². The van der Waals surface area contributed by atoms with Crippen molar-refractivity contribution in [3.05, 3.63) is 23.0 Å². The normalized spacial score (nSPS) is 16.3. The fourth-order valence-corrected chi connectivity index (χ4v) is 0.654. The first-order chi connectivity index (χ1) is 5.46. The van der Waals surface area contributed by atoms with E-state index in [1.165, 1.54) is 0 Å². The van der Waals surface area contributed by atoms with Crippen LogP contribution >= 0.6 is 0 Å². The summed E-state index contributed by atoms with van der Waals surface area (Å²) in [6, 6.07) is 0. The first-order valence-electron chi connectivity index (χ1n) is 2.80. The van der Waals surface area contributed by atoms with Crippen LogP contribution in [0.1, 0.15) is 0 Å². The Bertz CT molecular complexity index is 280. The van der Waals surface area contributed by atoms with Crippen LogP contribution in [0.4, 0.5) is 0 Å². The van der Waals surface area contributed by atoms with E-state index < -0.39 is 34.6 Å². The molecule has 1 aliphatic carbocycles. The van der Waals surface area contributed by atoms with E-state index in [1.54, 1.807) is 0 Å². The summed E-state index contributed by atoms with van der Waals surface area (Å²) in [6.07, 6.45) is 0. The molecule has 0 radical (unpaired) electrons. The van der Waals surface area contributed by atoms with E-state index >= 15 is 0 Å². The van der Waals surface area contributed by atoms with E-state index in [1.807, 2.05) is 0 Å². The number of rotatable bonds is 0. The second-order valence-electron chi connectivity index (χ2n) is 2.05. The average molecular weight is 218 g/mol. The molecule has 14 heavy (non-hydrogen) atoms. The molecule has 0 bridgehead atoms. The predicted molar refractivity (Wildman–Crippen MR) is 34.6 cm³/mol. The van der Waals surface area contributed by atoms with Crippen molar-refractivity contribution in [2.75, 3.05) is 0 Å². The van der Waals surface area contributed by atoms with E-state index in [9.17, 15) is 9.59 Å². The molecule has 4 N–H and O–H groups in total. The fraction of sp³-hybridized carbons (Fsp3) is 0. The van der Waals surface area contributed by atoms with Crippen molar-refractivity contribution in [3.8, 4) is 0 Å². The van der Waals surface area contributed by atoms with Crippen LogP contribution in [0.3, 0.4) is 0 Å². The van der Waals surface area contributed by atoms with Gasteiger partial charge in [0.05, 0.1) is 0 Å². The van der Waals surface area contributed by atoms with Crippen molar-refractivity contribution >= 4 is 11.6 Å². The summed E-state index contributed by atoms with van der Waals surface area (Å²) in [4.78, 5) is 21.2. The molecule has 0 saturated heterocycles. The van der Waals surface area contributed by atoms with Gasteiger partial charge in [-0.2, -0.15) is 0 Å². The summed E-state index contributed by atoms with van der Waals surface area (Å²) < 4.78 is 0. The summed E-state index contributed by atoms with van der Waals surface area (Å²) in [6.45, 7) is 0. The van der Waals surface area contributed by atoms with Gasteiger partial charge in [-0.3, -0.25) is 9.59 Å². The topological polar surface area (TPSA) is 115 Å². The molecule has 0 aromatic heterocycles. The van der Waals surface area contributed by atoms with Gasteiger partial charge in [-0.25, -0.2) is 0 Å². The van der Waals surface area contributed by atoms with E-state index in [0.29, 0.717) is 0 Å². The number of ketones is 2. The van der Waals surface area contributed by atoms with E-state index in [2.05, 4.69) is 0 Å². The van der Waals surface area contributed by atoms with E-state index in [0.717, 1.165) is 0 Å². The van der Waals surface area contributed by atoms with Crippen LogP contribution in [0.25, 0.3) is 0 Å². The molecule has 0 spiro atoms. The number of carbonyl (C=O) groups excluding carboxylic acids is 2. The monoisotopic (exact) mass is 218 g/mol. The van der Waals surface area contributed by atoms with Crippen LogP contribution in [0.15, 0.2) is 23.0 Å². The minimum Gasteiger partial charge on any atom is -0.501 e. The average Bonchev–Trinajstić information content (AvgIpc) is 2.08. The van der Waals surface area contributed by atoms with Crippen molar-refractivity contribution in [2.45, 2.75) is 0 Å². The third-order valence-corrected chi connectivity index (χ3v) is 1.31. The Morgan fingerprint density at radius 1 is 0.571 bits per heavy atom. The minimum atomic E-state index is -1.38. The summed E-state index contributed by atoms with van der Waals surface area (Å²) in [5.74, 6) is -7.84. The Balaban J connectivity index is 0. The molecule has 8 heteroatoms. The van der Waals surface area contributed by atoms with Crippen LogP contribution in [-0.4, -0.2) is 32.0 Å². The van der Waals surface area contributed by atoms with Gasteiger partial charge in [-0.1, -0.05) is 0 Å². The van der Waals surface area contributed by atoms with Crippen LogP contribution in [0.5, 0.6) is 0 Å². The van der Waals surface area contributed by atoms with Crippen LogP contribution < -0.4 is 59.1 Å². The van der Waals surface area contributed by atoms with Gasteiger partial charge in [0.25, 0.3) is 11.6 Å². The Kier molecular flexibility index (Phi) is 6.81. The predicted octanol–water partition coefficient (Wildman–Crippen LogP) is -6.20. The van der Waals surface area contributed by atoms with Crippen molar-refractivity contribution in [1.82, 2.24) is 0 Å². The second-order valence-corrected chi connectivity index (χ2v) is 2.05.